The predicted molar refractivity (Wildman–Crippen MR) is 101 cm³/mol. The second-order valence-corrected chi connectivity index (χ2v) is 7.67. The summed E-state index contributed by atoms with van der Waals surface area (Å²) in [6.45, 7) is 1.65. The van der Waals surface area contributed by atoms with Crippen molar-refractivity contribution in [3.8, 4) is 11.4 Å². The minimum absolute atomic E-state index is 0.455. The maximum Gasteiger partial charge on any atom is 0.147 e. The van der Waals surface area contributed by atoms with Crippen molar-refractivity contribution in [2.75, 3.05) is 0 Å². The average Bonchev–Trinajstić information content (AvgIpc) is 3.24. The zero-order chi connectivity index (χ0) is 17.7. The van der Waals surface area contributed by atoms with Crippen LogP contribution in [0.25, 0.3) is 11.4 Å². The van der Waals surface area contributed by atoms with Gasteiger partial charge in [0, 0.05) is 36.8 Å². The van der Waals surface area contributed by atoms with Gasteiger partial charge in [0.05, 0.1) is 28.3 Å². The molecule has 5 rings (SSSR count). The van der Waals surface area contributed by atoms with Crippen molar-refractivity contribution in [1.29, 1.82) is 0 Å². The van der Waals surface area contributed by atoms with Gasteiger partial charge in [0.15, 0.2) is 0 Å². The molecule has 1 aliphatic carbocycles. The lowest BCUT2D eigenvalue weighted by Crippen LogP contribution is -2.35. The third kappa shape index (κ3) is 2.80. The standard InChI is InChI=1S/C19H17Cl2N5/c20-13-4-2-1-3-12(13)19-24-14-6-5-11(7-15(14)25-19)26-9-16-17(10-26)23-18(21)8-22-16/h1-4,8,11H,5-7,9-10H2,(H,24,25). The van der Waals surface area contributed by atoms with Crippen molar-refractivity contribution in [2.24, 2.45) is 0 Å². The van der Waals surface area contributed by atoms with Gasteiger partial charge >= 0.3 is 0 Å². The van der Waals surface area contributed by atoms with Crippen molar-refractivity contribution < 1.29 is 0 Å². The molecule has 0 saturated carbocycles. The number of rotatable bonds is 2. The number of imidazole rings is 1. The van der Waals surface area contributed by atoms with Gasteiger partial charge in [-0.2, -0.15) is 0 Å². The van der Waals surface area contributed by atoms with Crippen LogP contribution in [0.3, 0.4) is 0 Å². The second kappa shape index (κ2) is 6.34. The second-order valence-electron chi connectivity index (χ2n) is 6.88. The fourth-order valence-corrected chi connectivity index (χ4v) is 4.32. The van der Waals surface area contributed by atoms with E-state index < -0.39 is 0 Å². The Hall–Kier alpha value is -1.95. The molecular formula is C19H17Cl2N5. The van der Waals surface area contributed by atoms with E-state index in [-0.39, 0.29) is 0 Å². The Labute approximate surface area is 161 Å². The first kappa shape index (κ1) is 16.2. The molecule has 0 spiro atoms. The van der Waals surface area contributed by atoms with Gasteiger partial charge in [-0.3, -0.25) is 9.88 Å². The number of hydrogen-bond acceptors (Lipinski definition) is 4. The number of aromatic amines is 1. The lowest BCUT2D eigenvalue weighted by Gasteiger charge is -2.29. The van der Waals surface area contributed by atoms with E-state index in [4.69, 9.17) is 28.2 Å². The molecule has 0 fully saturated rings. The van der Waals surface area contributed by atoms with Crippen LogP contribution in [0.4, 0.5) is 0 Å². The van der Waals surface area contributed by atoms with Crippen LogP contribution >= 0.6 is 23.2 Å². The van der Waals surface area contributed by atoms with Crippen molar-refractivity contribution in [3.63, 3.8) is 0 Å². The Morgan fingerprint density at radius 3 is 2.77 bits per heavy atom. The lowest BCUT2D eigenvalue weighted by molar-refractivity contribution is 0.178. The highest BCUT2D eigenvalue weighted by molar-refractivity contribution is 6.33. The van der Waals surface area contributed by atoms with Gasteiger partial charge < -0.3 is 4.98 Å². The minimum atomic E-state index is 0.455. The highest BCUT2D eigenvalue weighted by Gasteiger charge is 2.32. The molecule has 0 saturated heterocycles. The van der Waals surface area contributed by atoms with Crippen LogP contribution in [0, 0.1) is 0 Å². The van der Waals surface area contributed by atoms with E-state index in [1.807, 2.05) is 24.3 Å². The number of H-pyrrole nitrogens is 1. The van der Waals surface area contributed by atoms with Crippen LogP contribution in [0.15, 0.2) is 30.5 Å². The SMILES string of the molecule is Clc1cnc2c(n1)CN(C1CCc3nc(-c4ccccc4Cl)[nH]c3C1)C2. The van der Waals surface area contributed by atoms with Crippen LogP contribution < -0.4 is 0 Å². The van der Waals surface area contributed by atoms with Crippen molar-refractivity contribution in [2.45, 2.75) is 38.4 Å². The summed E-state index contributed by atoms with van der Waals surface area (Å²) in [5, 5.41) is 1.19. The third-order valence-electron chi connectivity index (χ3n) is 5.27. The maximum absolute atomic E-state index is 6.33. The van der Waals surface area contributed by atoms with E-state index in [2.05, 4.69) is 19.9 Å². The molecule has 1 atom stereocenters. The topological polar surface area (TPSA) is 57.7 Å². The largest absolute Gasteiger partial charge is 0.342 e. The van der Waals surface area contributed by atoms with Crippen molar-refractivity contribution in [1.82, 2.24) is 24.8 Å². The van der Waals surface area contributed by atoms with E-state index in [1.165, 1.54) is 5.69 Å². The zero-order valence-corrected chi connectivity index (χ0v) is 15.6. The van der Waals surface area contributed by atoms with Crippen LogP contribution in [0.2, 0.25) is 10.2 Å². The summed E-state index contributed by atoms with van der Waals surface area (Å²) in [5.74, 6) is 0.862. The van der Waals surface area contributed by atoms with Gasteiger partial charge in [-0.05, 0) is 25.0 Å². The number of aryl methyl sites for hydroxylation is 1. The van der Waals surface area contributed by atoms with E-state index in [9.17, 15) is 0 Å². The van der Waals surface area contributed by atoms with Gasteiger partial charge in [-0.25, -0.2) is 9.97 Å². The molecule has 1 N–H and O–H groups in total. The fraction of sp³-hybridized carbons (Fsp3) is 0.316. The lowest BCUT2D eigenvalue weighted by atomic mass is 9.95. The van der Waals surface area contributed by atoms with Crippen molar-refractivity contribution in [3.05, 3.63) is 63.4 Å². The summed E-state index contributed by atoms with van der Waals surface area (Å²) < 4.78 is 0. The molecule has 1 aromatic carbocycles. The number of fused-ring (bicyclic) bond motifs is 2. The molecule has 7 heteroatoms. The Balaban J connectivity index is 1.37. The number of hydrogen-bond donors (Lipinski definition) is 1. The zero-order valence-electron chi connectivity index (χ0n) is 14.0. The Kier molecular flexibility index (Phi) is 3.96. The molecule has 1 unspecified atom stereocenters. The van der Waals surface area contributed by atoms with Gasteiger partial charge in [0.25, 0.3) is 0 Å². The quantitative estimate of drug-likeness (QED) is 0.722. The van der Waals surface area contributed by atoms with Crippen LogP contribution in [0.1, 0.15) is 29.2 Å². The summed E-state index contributed by atoms with van der Waals surface area (Å²) in [5.41, 5.74) is 5.38. The van der Waals surface area contributed by atoms with Crippen molar-refractivity contribution >= 4 is 23.2 Å². The molecule has 0 amide bonds. The Morgan fingerprint density at radius 2 is 1.88 bits per heavy atom. The van der Waals surface area contributed by atoms with Gasteiger partial charge in [0.1, 0.15) is 11.0 Å². The van der Waals surface area contributed by atoms with E-state index >= 15 is 0 Å². The molecule has 0 bridgehead atoms. The third-order valence-corrected chi connectivity index (χ3v) is 5.78. The van der Waals surface area contributed by atoms with E-state index in [0.717, 1.165) is 65.8 Å². The maximum atomic E-state index is 6.33. The van der Waals surface area contributed by atoms with Gasteiger partial charge in [0.2, 0.25) is 0 Å². The first-order valence-electron chi connectivity index (χ1n) is 8.74. The minimum Gasteiger partial charge on any atom is -0.342 e. The molecule has 2 aromatic heterocycles. The highest BCUT2D eigenvalue weighted by Crippen LogP contribution is 2.32. The number of halogens is 2. The summed E-state index contributed by atoms with van der Waals surface area (Å²) in [4.78, 5) is 19.6. The monoisotopic (exact) mass is 385 g/mol. The summed E-state index contributed by atoms with van der Waals surface area (Å²) in [6.07, 6.45) is 4.64. The molecule has 26 heavy (non-hydrogen) atoms. The average molecular weight is 386 g/mol. The highest BCUT2D eigenvalue weighted by atomic mass is 35.5. The van der Waals surface area contributed by atoms with Gasteiger partial charge in [-0.15, -0.1) is 0 Å². The van der Waals surface area contributed by atoms with E-state index in [1.54, 1.807) is 6.20 Å². The molecule has 3 heterocycles. The smallest absolute Gasteiger partial charge is 0.147 e. The number of nitrogens with zero attached hydrogens (tertiary/aromatic N) is 4. The summed E-state index contributed by atoms with van der Waals surface area (Å²) in [7, 11) is 0. The predicted octanol–water partition coefficient (Wildman–Crippen LogP) is 4.05. The first-order valence-corrected chi connectivity index (χ1v) is 9.50. The fourth-order valence-electron chi connectivity index (χ4n) is 3.94. The molecule has 132 valence electrons. The molecule has 5 nitrogen and oxygen atoms in total. The van der Waals surface area contributed by atoms with Crippen LogP contribution in [0.5, 0.6) is 0 Å². The Bertz CT molecular complexity index is 984. The van der Waals surface area contributed by atoms with E-state index in [0.29, 0.717) is 11.2 Å². The Morgan fingerprint density at radius 1 is 1.04 bits per heavy atom. The number of aromatic nitrogens is 4. The summed E-state index contributed by atoms with van der Waals surface area (Å²) in [6, 6.07) is 8.27. The molecule has 0 radical (unpaired) electrons. The van der Waals surface area contributed by atoms with Crippen LogP contribution in [-0.4, -0.2) is 30.9 Å². The molecule has 2 aliphatic rings. The molecule has 1 aliphatic heterocycles. The first-order chi connectivity index (χ1) is 12.7. The normalized spacial score (nSPS) is 19.4. The number of nitrogens with one attached hydrogen (secondary N) is 1. The van der Waals surface area contributed by atoms with Crippen LogP contribution in [-0.2, 0) is 25.9 Å². The molecular weight excluding hydrogens is 369 g/mol. The number of benzene rings is 1. The molecule has 3 aromatic rings. The van der Waals surface area contributed by atoms with Gasteiger partial charge in [-0.1, -0.05) is 35.3 Å². The summed E-state index contributed by atoms with van der Waals surface area (Å²) >= 11 is 12.3.